The van der Waals surface area contributed by atoms with E-state index in [0.717, 1.165) is 38.5 Å². The Labute approximate surface area is 199 Å². The molecule has 0 radical (unpaired) electrons. The Morgan fingerprint density at radius 3 is 1.26 bits per heavy atom. The summed E-state index contributed by atoms with van der Waals surface area (Å²) in [7, 11) is 0. The van der Waals surface area contributed by atoms with Crippen molar-refractivity contribution >= 4 is 35.1 Å². The number of amides is 2. The molecule has 0 aliphatic carbocycles. The number of anilines is 2. The van der Waals surface area contributed by atoms with Crippen molar-refractivity contribution in [3.63, 3.8) is 0 Å². The van der Waals surface area contributed by atoms with E-state index < -0.39 is 24.0 Å². The summed E-state index contributed by atoms with van der Waals surface area (Å²) in [5.74, 6) is -2.78. The van der Waals surface area contributed by atoms with Gasteiger partial charge in [-0.3, -0.25) is 29.0 Å². The van der Waals surface area contributed by atoms with Gasteiger partial charge < -0.3 is 20.8 Å². The molecular weight excluding hydrogens is 440 g/mol. The van der Waals surface area contributed by atoms with E-state index in [0.29, 0.717) is 37.6 Å². The standard InChI is InChI=1S/C24H34N4O6/c29-21(15-19(23(31)32)27-11-3-1-4-12-27)25-17-7-9-18(10-8-17)26-22(30)16-20(24(33)34)28-13-5-2-6-14-28/h7-10,19-20H,1-6,11-16H2,(H,25,29)(H,26,30)(H,31,32)(H,33,34). The summed E-state index contributed by atoms with van der Waals surface area (Å²) in [6.45, 7) is 2.72. The number of carboxylic acids is 2. The highest BCUT2D eigenvalue weighted by molar-refractivity contribution is 5.96. The minimum Gasteiger partial charge on any atom is -0.480 e. The van der Waals surface area contributed by atoms with Crippen molar-refractivity contribution in [1.82, 2.24) is 9.80 Å². The van der Waals surface area contributed by atoms with Crippen LogP contribution < -0.4 is 10.6 Å². The van der Waals surface area contributed by atoms with Gasteiger partial charge in [0.05, 0.1) is 12.8 Å². The summed E-state index contributed by atoms with van der Waals surface area (Å²) in [6.07, 6.45) is 5.61. The van der Waals surface area contributed by atoms with Gasteiger partial charge in [-0.15, -0.1) is 0 Å². The van der Waals surface area contributed by atoms with Crippen molar-refractivity contribution in [2.75, 3.05) is 36.8 Å². The minimum atomic E-state index is -1.00. The van der Waals surface area contributed by atoms with Gasteiger partial charge >= 0.3 is 11.9 Å². The average molecular weight is 475 g/mol. The Bertz CT molecular complexity index is 792. The number of carbonyl (C=O) groups excluding carboxylic acids is 2. The lowest BCUT2D eigenvalue weighted by molar-refractivity contribution is -0.146. The van der Waals surface area contributed by atoms with Gasteiger partial charge in [0.1, 0.15) is 12.1 Å². The molecule has 0 aromatic heterocycles. The maximum atomic E-state index is 12.4. The predicted molar refractivity (Wildman–Crippen MR) is 127 cm³/mol. The third kappa shape index (κ3) is 7.53. The van der Waals surface area contributed by atoms with Gasteiger partial charge in [0, 0.05) is 11.4 Å². The summed E-state index contributed by atoms with van der Waals surface area (Å²) in [6, 6.07) is 4.77. The number of aliphatic carboxylic acids is 2. The van der Waals surface area contributed by atoms with Gasteiger partial charge in [0.25, 0.3) is 0 Å². The largest absolute Gasteiger partial charge is 0.480 e. The maximum absolute atomic E-state index is 12.4. The topological polar surface area (TPSA) is 139 Å². The van der Waals surface area contributed by atoms with Crippen LogP contribution in [0.1, 0.15) is 51.4 Å². The maximum Gasteiger partial charge on any atom is 0.321 e. The first kappa shape index (κ1) is 25.6. The number of piperidine rings is 2. The average Bonchev–Trinajstić information content (AvgIpc) is 2.83. The molecule has 34 heavy (non-hydrogen) atoms. The molecule has 2 unspecified atom stereocenters. The van der Waals surface area contributed by atoms with Crippen LogP contribution in [0.5, 0.6) is 0 Å². The third-order valence-corrected chi connectivity index (χ3v) is 6.44. The van der Waals surface area contributed by atoms with Crippen molar-refractivity contribution in [3.05, 3.63) is 24.3 Å². The molecule has 4 N–H and O–H groups in total. The lowest BCUT2D eigenvalue weighted by Gasteiger charge is -2.31. The van der Waals surface area contributed by atoms with E-state index >= 15 is 0 Å². The van der Waals surface area contributed by atoms with E-state index in [-0.39, 0.29) is 24.7 Å². The van der Waals surface area contributed by atoms with Gasteiger partial charge in [-0.25, -0.2) is 0 Å². The molecule has 1 aromatic carbocycles. The highest BCUT2D eigenvalue weighted by Crippen LogP contribution is 2.19. The lowest BCUT2D eigenvalue weighted by Crippen LogP contribution is -2.46. The van der Waals surface area contributed by atoms with E-state index in [2.05, 4.69) is 10.6 Å². The molecule has 0 saturated carbocycles. The zero-order valence-corrected chi connectivity index (χ0v) is 19.4. The number of benzene rings is 1. The molecule has 3 rings (SSSR count). The molecule has 186 valence electrons. The van der Waals surface area contributed by atoms with Crippen LogP contribution in [0.3, 0.4) is 0 Å². The quantitative estimate of drug-likeness (QED) is 0.405. The summed E-state index contributed by atoms with van der Waals surface area (Å²) in [4.78, 5) is 51.9. The van der Waals surface area contributed by atoms with Crippen LogP contribution in [0.4, 0.5) is 11.4 Å². The predicted octanol–water partition coefficient (Wildman–Crippen LogP) is 2.22. The molecule has 10 nitrogen and oxygen atoms in total. The Hall–Kier alpha value is -2.98. The van der Waals surface area contributed by atoms with E-state index in [1.54, 1.807) is 24.3 Å². The zero-order valence-electron chi connectivity index (χ0n) is 19.4. The van der Waals surface area contributed by atoms with Crippen molar-refractivity contribution in [2.45, 2.75) is 63.5 Å². The fourth-order valence-electron chi connectivity index (χ4n) is 4.62. The lowest BCUT2D eigenvalue weighted by atomic mass is 10.1. The molecular formula is C24H34N4O6. The van der Waals surface area contributed by atoms with Crippen LogP contribution in [0.2, 0.25) is 0 Å². The normalized spacial score (nSPS) is 19.1. The van der Waals surface area contributed by atoms with Crippen LogP contribution in [0, 0.1) is 0 Å². The monoisotopic (exact) mass is 474 g/mol. The van der Waals surface area contributed by atoms with E-state index in [9.17, 15) is 29.4 Å². The minimum absolute atomic E-state index is 0.138. The van der Waals surface area contributed by atoms with Crippen LogP contribution in [-0.4, -0.2) is 82.0 Å². The summed E-state index contributed by atoms with van der Waals surface area (Å²) in [5, 5.41) is 24.5. The Morgan fingerprint density at radius 1 is 0.647 bits per heavy atom. The fourth-order valence-corrected chi connectivity index (χ4v) is 4.62. The van der Waals surface area contributed by atoms with Crippen molar-refractivity contribution < 1.29 is 29.4 Å². The molecule has 2 amide bonds. The molecule has 2 aliphatic rings. The Morgan fingerprint density at radius 2 is 0.971 bits per heavy atom. The van der Waals surface area contributed by atoms with E-state index in [1.807, 2.05) is 9.80 Å². The molecule has 2 saturated heterocycles. The number of hydrogen-bond acceptors (Lipinski definition) is 6. The van der Waals surface area contributed by atoms with Gasteiger partial charge in [0.2, 0.25) is 11.8 Å². The SMILES string of the molecule is O=C(CC(C(=O)O)N1CCCCC1)Nc1ccc(NC(=O)CC(C(=O)O)N2CCCCC2)cc1. The zero-order chi connectivity index (χ0) is 24.5. The summed E-state index contributed by atoms with van der Waals surface area (Å²) < 4.78 is 0. The second kappa shape index (κ2) is 12.5. The van der Waals surface area contributed by atoms with Crippen molar-refractivity contribution in [3.8, 4) is 0 Å². The van der Waals surface area contributed by atoms with Gasteiger partial charge in [-0.1, -0.05) is 12.8 Å². The van der Waals surface area contributed by atoms with Gasteiger partial charge in [-0.05, 0) is 76.1 Å². The fraction of sp³-hybridized carbons (Fsp3) is 0.583. The van der Waals surface area contributed by atoms with Crippen molar-refractivity contribution in [1.29, 1.82) is 0 Å². The number of carboxylic acid groups (broad SMARTS) is 2. The number of hydrogen-bond donors (Lipinski definition) is 4. The van der Waals surface area contributed by atoms with Gasteiger partial charge in [-0.2, -0.15) is 0 Å². The number of nitrogens with zero attached hydrogens (tertiary/aromatic N) is 2. The first-order valence-electron chi connectivity index (χ1n) is 12.0. The molecule has 2 atom stereocenters. The molecule has 10 heteroatoms. The molecule has 2 heterocycles. The molecule has 1 aromatic rings. The second-order valence-corrected chi connectivity index (χ2v) is 8.98. The molecule has 2 fully saturated rings. The number of carbonyl (C=O) groups is 4. The molecule has 2 aliphatic heterocycles. The van der Waals surface area contributed by atoms with E-state index in [1.165, 1.54) is 0 Å². The number of rotatable bonds is 10. The number of likely N-dealkylation sites (tertiary alicyclic amines) is 2. The summed E-state index contributed by atoms with van der Waals surface area (Å²) >= 11 is 0. The third-order valence-electron chi connectivity index (χ3n) is 6.44. The molecule has 0 spiro atoms. The van der Waals surface area contributed by atoms with Crippen molar-refractivity contribution in [2.24, 2.45) is 0 Å². The Balaban J connectivity index is 1.50. The van der Waals surface area contributed by atoms with Crippen LogP contribution in [-0.2, 0) is 19.2 Å². The highest BCUT2D eigenvalue weighted by Gasteiger charge is 2.30. The summed E-state index contributed by atoms with van der Waals surface area (Å²) in [5.41, 5.74) is 0.977. The first-order chi connectivity index (χ1) is 16.3. The van der Waals surface area contributed by atoms with Crippen LogP contribution in [0.15, 0.2) is 24.3 Å². The van der Waals surface area contributed by atoms with Crippen LogP contribution in [0.25, 0.3) is 0 Å². The Kier molecular flexibility index (Phi) is 9.41. The smallest absolute Gasteiger partial charge is 0.321 e. The first-order valence-corrected chi connectivity index (χ1v) is 12.0. The second-order valence-electron chi connectivity index (χ2n) is 8.98. The molecule has 0 bridgehead atoms. The highest BCUT2D eigenvalue weighted by atomic mass is 16.4. The van der Waals surface area contributed by atoms with Gasteiger partial charge in [0.15, 0.2) is 0 Å². The number of nitrogens with one attached hydrogen (secondary N) is 2. The van der Waals surface area contributed by atoms with E-state index in [4.69, 9.17) is 0 Å². The van der Waals surface area contributed by atoms with Crippen LogP contribution >= 0.6 is 0 Å².